The summed E-state index contributed by atoms with van der Waals surface area (Å²) in [5.74, 6) is 1.39. The Balaban J connectivity index is 2.10. The van der Waals surface area contributed by atoms with E-state index in [0.29, 0.717) is 23.8 Å². The Morgan fingerprint density at radius 1 is 0.900 bits per heavy atom. The second-order valence-electron chi connectivity index (χ2n) is 9.60. The number of likely N-dealkylation sites (tertiary alicyclic amines) is 1. The molecule has 1 aliphatic heterocycles. The smallest absolute Gasteiger partial charge is 0.110 e. The minimum absolute atomic E-state index is 0.327. The van der Waals surface area contributed by atoms with Gasteiger partial charge in [0, 0.05) is 17.1 Å². The predicted octanol–water partition coefficient (Wildman–Crippen LogP) is 8.61. The summed E-state index contributed by atoms with van der Waals surface area (Å²) in [5.41, 5.74) is 6.84. The summed E-state index contributed by atoms with van der Waals surface area (Å²) in [4.78, 5) is 3.52. The van der Waals surface area contributed by atoms with Crippen LogP contribution in [0.25, 0.3) is 0 Å². The molecule has 0 bridgehead atoms. The second kappa shape index (κ2) is 9.83. The zero-order valence-electron chi connectivity index (χ0n) is 19.3. The number of halogens is 1. The van der Waals surface area contributed by atoms with Gasteiger partial charge < -0.3 is 4.90 Å². The maximum atomic E-state index is 6.27. The monoisotopic (exact) mass is 441 g/mol. The Morgan fingerprint density at radius 2 is 1.47 bits per heavy atom. The minimum atomic E-state index is 0.327. The molecule has 0 saturated carbocycles. The van der Waals surface area contributed by atoms with E-state index in [-0.39, 0.29) is 0 Å². The van der Waals surface area contributed by atoms with E-state index in [1.54, 1.807) is 0 Å². The van der Waals surface area contributed by atoms with Gasteiger partial charge in [-0.05, 0) is 71.4 Å². The van der Waals surface area contributed by atoms with Crippen LogP contribution < -0.4 is 0 Å². The molecule has 0 radical (unpaired) electrons. The fourth-order valence-corrected chi connectivity index (χ4v) is 5.13. The minimum Gasteiger partial charge on any atom is -0.355 e. The van der Waals surface area contributed by atoms with Crippen LogP contribution >= 0.6 is 23.8 Å². The molecule has 1 saturated heterocycles. The first-order valence-electron chi connectivity index (χ1n) is 11.4. The van der Waals surface area contributed by atoms with Crippen molar-refractivity contribution in [3.05, 3.63) is 69.2 Å². The summed E-state index contributed by atoms with van der Waals surface area (Å²) in [6, 6.07) is 13.5. The fraction of sp³-hybridized carbons (Fsp3) is 0.519. The average molecular weight is 442 g/mol. The summed E-state index contributed by atoms with van der Waals surface area (Å²) >= 11 is 12.4. The Bertz CT molecular complexity index is 853. The van der Waals surface area contributed by atoms with Gasteiger partial charge in [0.1, 0.15) is 4.99 Å². The molecule has 0 unspecified atom stereocenters. The largest absolute Gasteiger partial charge is 0.355 e. The van der Waals surface area contributed by atoms with Gasteiger partial charge in [-0.3, -0.25) is 0 Å². The van der Waals surface area contributed by atoms with Gasteiger partial charge in [-0.1, -0.05) is 89.6 Å². The van der Waals surface area contributed by atoms with Crippen molar-refractivity contribution in [1.82, 2.24) is 4.90 Å². The topological polar surface area (TPSA) is 3.24 Å². The first-order valence-corrected chi connectivity index (χ1v) is 12.2. The van der Waals surface area contributed by atoms with E-state index in [1.165, 1.54) is 40.7 Å². The van der Waals surface area contributed by atoms with Crippen LogP contribution in [0.3, 0.4) is 0 Å². The van der Waals surface area contributed by atoms with Crippen LogP contribution in [-0.4, -0.2) is 16.4 Å². The molecule has 0 amide bonds. The third-order valence-corrected chi connectivity index (χ3v) is 7.06. The highest BCUT2D eigenvalue weighted by atomic mass is 35.5. The Labute approximate surface area is 193 Å². The lowest BCUT2D eigenvalue weighted by molar-refractivity contribution is 0.249. The van der Waals surface area contributed by atoms with E-state index in [0.717, 1.165) is 23.0 Å². The summed E-state index contributed by atoms with van der Waals surface area (Å²) in [5, 5.41) is 0.789. The highest BCUT2D eigenvalue weighted by molar-refractivity contribution is 7.80. The number of piperidine rings is 1. The van der Waals surface area contributed by atoms with Gasteiger partial charge in [0.25, 0.3) is 0 Å². The highest BCUT2D eigenvalue weighted by Gasteiger charge is 2.30. The summed E-state index contributed by atoms with van der Waals surface area (Å²) < 4.78 is 0. The van der Waals surface area contributed by atoms with E-state index in [9.17, 15) is 0 Å². The molecule has 0 spiro atoms. The molecule has 1 heterocycles. The van der Waals surface area contributed by atoms with Gasteiger partial charge in [0.05, 0.1) is 6.04 Å². The SMILES string of the molecule is CC(C)c1cc(C(C)C)c(C(=S)N2CCCC[C@@H]2c2ccc(Cl)cc2)c(C(C)C)c1. The van der Waals surface area contributed by atoms with Crippen molar-refractivity contribution >= 4 is 28.8 Å². The second-order valence-corrected chi connectivity index (χ2v) is 10.4. The van der Waals surface area contributed by atoms with Crippen molar-refractivity contribution in [1.29, 1.82) is 0 Å². The quantitative estimate of drug-likeness (QED) is 0.427. The van der Waals surface area contributed by atoms with Gasteiger partial charge >= 0.3 is 0 Å². The third-order valence-electron chi connectivity index (χ3n) is 6.36. The van der Waals surface area contributed by atoms with Crippen molar-refractivity contribution in [2.75, 3.05) is 6.54 Å². The first kappa shape index (κ1) is 23.3. The Kier molecular flexibility index (Phi) is 7.63. The van der Waals surface area contributed by atoms with Crippen LogP contribution in [0.2, 0.25) is 5.02 Å². The zero-order chi connectivity index (χ0) is 22.0. The van der Waals surface area contributed by atoms with E-state index in [1.807, 2.05) is 12.1 Å². The predicted molar refractivity (Wildman–Crippen MR) is 135 cm³/mol. The number of thiocarbonyl (C=S) groups is 1. The maximum Gasteiger partial charge on any atom is 0.110 e. The molecule has 2 aromatic rings. The van der Waals surface area contributed by atoms with E-state index >= 15 is 0 Å². The number of hydrogen-bond donors (Lipinski definition) is 0. The molecule has 1 nitrogen and oxygen atoms in total. The summed E-state index contributed by atoms with van der Waals surface area (Å²) in [6.07, 6.45) is 3.58. The molecule has 30 heavy (non-hydrogen) atoms. The molecule has 1 fully saturated rings. The maximum absolute atomic E-state index is 6.27. The first-order chi connectivity index (χ1) is 14.2. The van der Waals surface area contributed by atoms with Crippen LogP contribution in [0.15, 0.2) is 36.4 Å². The standard InChI is InChI=1S/C27H36ClNS/c1-17(2)21-15-23(18(3)4)26(24(16-21)19(5)6)27(30)29-14-8-7-9-25(29)20-10-12-22(28)13-11-20/h10-13,15-19,25H,7-9,14H2,1-6H3/t25-/m1/s1. The molecule has 162 valence electrons. The van der Waals surface area contributed by atoms with Gasteiger partial charge in [-0.2, -0.15) is 0 Å². The fourth-order valence-electron chi connectivity index (χ4n) is 4.55. The van der Waals surface area contributed by atoms with E-state index in [4.69, 9.17) is 23.8 Å². The molecule has 3 heteroatoms. The van der Waals surface area contributed by atoms with Crippen LogP contribution in [0, 0.1) is 0 Å². The summed E-state index contributed by atoms with van der Waals surface area (Å²) in [7, 11) is 0. The van der Waals surface area contributed by atoms with Gasteiger partial charge in [0.15, 0.2) is 0 Å². The zero-order valence-corrected chi connectivity index (χ0v) is 20.9. The van der Waals surface area contributed by atoms with E-state index in [2.05, 4.69) is 70.7 Å². The average Bonchev–Trinajstić information content (AvgIpc) is 2.72. The molecule has 0 aliphatic carbocycles. The van der Waals surface area contributed by atoms with Gasteiger partial charge in [-0.25, -0.2) is 0 Å². The van der Waals surface area contributed by atoms with Crippen molar-refractivity contribution in [2.45, 2.75) is 84.6 Å². The number of hydrogen-bond acceptors (Lipinski definition) is 1. The lowest BCUT2D eigenvalue weighted by atomic mass is 9.83. The molecular formula is C27H36ClNS. The lowest BCUT2D eigenvalue weighted by Crippen LogP contribution is -2.39. The van der Waals surface area contributed by atoms with Crippen LogP contribution in [0.4, 0.5) is 0 Å². The normalized spacial score (nSPS) is 17.3. The Morgan fingerprint density at radius 3 is 1.97 bits per heavy atom. The summed E-state index contributed by atoms with van der Waals surface area (Å²) in [6.45, 7) is 14.8. The van der Waals surface area contributed by atoms with Crippen LogP contribution in [0.5, 0.6) is 0 Å². The Hall–Kier alpha value is -1.38. The van der Waals surface area contributed by atoms with Crippen molar-refractivity contribution < 1.29 is 0 Å². The lowest BCUT2D eigenvalue weighted by Gasteiger charge is -2.39. The van der Waals surface area contributed by atoms with Gasteiger partial charge in [-0.15, -0.1) is 0 Å². The van der Waals surface area contributed by atoms with Crippen molar-refractivity contribution in [3.8, 4) is 0 Å². The number of benzene rings is 2. The van der Waals surface area contributed by atoms with Gasteiger partial charge in [0.2, 0.25) is 0 Å². The molecular weight excluding hydrogens is 406 g/mol. The molecule has 2 aromatic carbocycles. The highest BCUT2D eigenvalue weighted by Crippen LogP contribution is 2.38. The molecule has 3 rings (SSSR count). The van der Waals surface area contributed by atoms with Crippen LogP contribution in [-0.2, 0) is 0 Å². The van der Waals surface area contributed by atoms with Crippen molar-refractivity contribution in [3.63, 3.8) is 0 Å². The molecule has 0 aromatic heterocycles. The molecule has 0 N–H and O–H groups in total. The van der Waals surface area contributed by atoms with Crippen LogP contribution in [0.1, 0.15) is 112 Å². The van der Waals surface area contributed by atoms with E-state index < -0.39 is 0 Å². The number of nitrogens with zero attached hydrogens (tertiary/aromatic N) is 1. The van der Waals surface area contributed by atoms with Crippen molar-refractivity contribution in [2.24, 2.45) is 0 Å². The number of rotatable bonds is 5. The third kappa shape index (κ3) is 4.92. The molecule has 1 atom stereocenters. The molecule has 1 aliphatic rings.